The number of anilines is 1. The summed E-state index contributed by atoms with van der Waals surface area (Å²) in [5, 5.41) is 1.54. The lowest BCUT2D eigenvalue weighted by Crippen LogP contribution is -2.26. The van der Waals surface area contributed by atoms with Gasteiger partial charge in [0.1, 0.15) is 12.1 Å². The highest BCUT2D eigenvalue weighted by Crippen LogP contribution is 2.35. The highest BCUT2D eigenvalue weighted by molar-refractivity contribution is 6.02. The topological polar surface area (TPSA) is 59.0 Å². The Labute approximate surface area is 160 Å². The normalized spacial score (nSPS) is 13.2. The van der Waals surface area contributed by atoms with Crippen LogP contribution in [0.5, 0.6) is 0 Å². The number of hydrogen-bond acceptors (Lipinski definition) is 4. The summed E-state index contributed by atoms with van der Waals surface area (Å²) in [5.41, 5.74) is 4.06. The lowest BCUT2D eigenvalue weighted by atomic mass is 9.99. The second-order valence-corrected chi connectivity index (χ2v) is 6.72. The van der Waals surface area contributed by atoms with E-state index in [1.165, 1.54) is 18.5 Å². The number of fused-ring (bicyclic) bond motifs is 2. The maximum absolute atomic E-state index is 14.0. The van der Waals surface area contributed by atoms with E-state index in [1.54, 1.807) is 29.6 Å². The van der Waals surface area contributed by atoms with Crippen molar-refractivity contribution < 1.29 is 9.18 Å². The molecule has 0 fully saturated rings. The zero-order valence-electron chi connectivity index (χ0n) is 14.8. The van der Waals surface area contributed by atoms with Gasteiger partial charge < -0.3 is 4.90 Å². The van der Waals surface area contributed by atoms with Crippen LogP contribution >= 0.6 is 0 Å². The van der Waals surface area contributed by atoms with Gasteiger partial charge in [-0.2, -0.15) is 0 Å². The Kier molecular flexibility index (Phi) is 3.83. The van der Waals surface area contributed by atoms with Gasteiger partial charge in [0, 0.05) is 40.8 Å². The number of pyridine rings is 1. The summed E-state index contributed by atoms with van der Waals surface area (Å²) in [5.74, 6) is -0.303. The molecule has 0 atom stereocenters. The van der Waals surface area contributed by atoms with E-state index in [2.05, 4.69) is 15.0 Å². The Morgan fingerprint density at radius 2 is 1.86 bits per heavy atom. The Morgan fingerprint density at radius 1 is 1.04 bits per heavy atom. The summed E-state index contributed by atoms with van der Waals surface area (Å²) in [6, 6.07) is 12.3. The van der Waals surface area contributed by atoms with Crippen LogP contribution in [0, 0.1) is 5.82 Å². The van der Waals surface area contributed by atoms with E-state index in [1.807, 2.05) is 24.3 Å². The van der Waals surface area contributed by atoms with E-state index < -0.39 is 0 Å². The number of benzene rings is 2. The summed E-state index contributed by atoms with van der Waals surface area (Å²) in [4.78, 5) is 27.2. The smallest absolute Gasteiger partial charge is 0.231 e. The van der Waals surface area contributed by atoms with Gasteiger partial charge in [-0.1, -0.05) is 18.2 Å². The molecule has 3 heterocycles. The van der Waals surface area contributed by atoms with Crippen molar-refractivity contribution in [1.29, 1.82) is 0 Å². The van der Waals surface area contributed by atoms with Gasteiger partial charge in [-0.05, 0) is 35.2 Å². The Morgan fingerprint density at radius 3 is 2.71 bits per heavy atom. The molecule has 0 spiro atoms. The number of nitrogens with zero attached hydrogens (tertiary/aromatic N) is 4. The molecule has 136 valence electrons. The first-order valence-electron chi connectivity index (χ1n) is 8.91. The monoisotopic (exact) mass is 370 g/mol. The van der Waals surface area contributed by atoms with Gasteiger partial charge in [0.15, 0.2) is 0 Å². The minimum absolute atomic E-state index is 0.0256. The molecule has 0 unspecified atom stereocenters. The molecule has 6 heteroatoms. The second-order valence-electron chi connectivity index (χ2n) is 6.72. The van der Waals surface area contributed by atoms with Crippen molar-refractivity contribution in [2.45, 2.75) is 13.0 Å². The van der Waals surface area contributed by atoms with Crippen molar-refractivity contribution in [3.8, 4) is 11.1 Å². The van der Waals surface area contributed by atoms with Gasteiger partial charge in [-0.15, -0.1) is 0 Å². The molecular formula is C22H15FN4O. The van der Waals surface area contributed by atoms with Crippen molar-refractivity contribution in [3.05, 3.63) is 84.5 Å². The molecule has 28 heavy (non-hydrogen) atoms. The van der Waals surface area contributed by atoms with E-state index in [4.69, 9.17) is 0 Å². The summed E-state index contributed by atoms with van der Waals surface area (Å²) in [7, 11) is 0. The predicted octanol–water partition coefficient (Wildman–Crippen LogP) is 3.92. The SMILES string of the molecule is O=C1Cc2ccccc2N1Cc1ncc2ccc(F)cc2c1-c1cncnc1. The standard InChI is InChI=1S/C22H15FN4O/c23-17-6-5-15-11-26-19(22(18(15)8-17)16-9-24-13-25-10-16)12-27-20-4-2-1-3-14(20)7-21(27)28/h1-6,8-11,13H,7,12H2. The van der Waals surface area contributed by atoms with Gasteiger partial charge in [0.05, 0.1) is 18.7 Å². The molecule has 2 aromatic carbocycles. The number of aromatic nitrogens is 3. The van der Waals surface area contributed by atoms with Crippen LogP contribution < -0.4 is 4.90 Å². The van der Waals surface area contributed by atoms with Crippen molar-refractivity contribution in [2.24, 2.45) is 0 Å². The van der Waals surface area contributed by atoms with E-state index >= 15 is 0 Å². The molecule has 1 amide bonds. The molecule has 4 aromatic rings. The highest BCUT2D eigenvalue weighted by atomic mass is 19.1. The maximum atomic E-state index is 14.0. The van der Waals surface area contributed by atoms with Crippen LogP contribution in [0.4, 0.5) is 10.1 Å². The zero-order valence-corrected chi connectivity index (χ0v) is 14.8. The van der Waals surface area contributed by atoms with Gasteiger partial charge >= 0.3 is 0 Å². The number of amides is 1. The third kappa shape index (κ3) is 2.70. The number of rotatable bonds is 3. The molecule has 0 aliphatic carbocycles. The van der Waals surface area contributed by atoms with E-state index in [-0.39, 0.29) is 11.7 Å². The van der Waals surface area contributed by atoms with E-state index in [9.17, 15) is 9.18 Å². The van der Waals surface area contributed by atoms with Crippen LogP contribution in [0.25, 0.3) is 21.9 Å². The number of halogens is 1. The fraction of sp³-hybridized carbons (Fsp3) is 0.0909. The van der Waals surface area contributed by atoms with Crippen LogP contribution in [0.1, 0.15) is 11.3 Å². The largest absolute Gasteiger partial charge is 0.306 e. The molecule has 0 saturated heterocycles. The number of para-hydroxylation sites is 1. The summed E-state index contributed by atoms with van der Waals surface area (Å²) >= 11 is 0. The van der Waals surface area contributed by atoms with Crippen molar-refractivity contribution >= 4 is 22.4 Å². The Hall–Kier alpha value is -3.67. The number of hydrogen-bond donors (Lipinski definition) is 0. The van der Waals surface area contributed by atoms with E-state index in [0.717, 1.165) is 33.2 Å². The van der Waals surface area contributed by atoms with Gasteiger partial charge in [-0.3, -0.25) is 9.78 Å². The van der Waals surface area contributed by atoms with E-state index in [0.29, 0.717) is 18.7 Å². The molecular weight excluding hydrogens is 355 g/mol. The van der Waals surface area contributed by atoms with Gasteiger partial charge in [0.25, 0.3) is 0 Å². The van der Waals surface area contributed by atoms with Crippen molar-refractivity contribution in [1.82, 2.24) is 15.0 Å². The summed E-state index contributed by atoms with van der Waals surface area (Å²) in [6.07, 6.45) is 6.89. The molecule has 5 nitrogen and oxygen atoms in total. The summed E-state index contributed by atoms with van der Waals surface area (Å²) in [6.45, 7) is 0.298. The number of carbonyl (C=O) groups is 1. The molecule has 1 aliphatic rings. The quantitative estimate of drug-likeness (QED) is 0.548. The molecule has 0 radical (unpaired) electrons. The molecule has 2 aromatic heterocycles. The molecule has 1 aliphatic heterocycles. The van der Waals surface area contributed by atoms with Gasteiger partial charge in [-0.25, -0.2) is 14.4 Å². The van der Waals surface area contributed by atoms with Crippen LogP contribution in [0.2, 0.25) is 0 Å². The second kappa shape index (κ2) is 6.49. The third-order valence-electron chi connectivity index (χ3n) is 5.02. The van der Waals surface area contributed by atoms with Crippen molar-refractivity contribution in [2.75, 3.05) is 4.90 Å². The van der Waals surface area contributed by atoms with Crippen LogP contribution in [0.3, 0.4) is 0 Å². The first kappa shape index (κ1) is 16.5. The highest BCUT2D eigenvalue weighted by Gasteiger charge is 2.28. The van der Waals surface area contributed by atoms with Gasteiger partial charge in [0.2, 0.25) is 5.91 Å². The maximum Gasteiger partial charge on any atom is 0.231 e. The van der Waals surface area contributed by atoms with Crippen LogP contribution in [-0.2, 0) is 17.8 Å². The average molecular weight is 370 g/mol. The third-order valence-corrected chi connectivity index (χ3v) is 5.02. The Balaban J connectivity index is 1.69. The summed E-state index contributed by atoms with van der Waals surface area (Å²) < 4.78 is 14.0. The molecule has 0 saturated carbocycles. The lowest BCUT2D eigenvalue weighted by Gasteiger charge is -2.20. The minimum Gasteiger partial charge on any atom is -0.306 e. The number of carbonyl (C=O) groups excluding carboxylic acids is 1. The first-order chi connectivity index (χ1) is 13.7. The lowest BCUT2D eigenvalue weighted by molar-refractivity contribution is -0.117. The Bertz CT molecular complexity index is 1210. The zero-order chi connectivity index (χ0) is 19.1. The molecule has 0 N–H and O–H groups in total. The molecule has 0 bridgehead atoms. The average Bonchev–Trinajstić information content (AvgIpc) is 3.03. The van der Waals surface area contributed by atoms with Crippen LogP contribution in [-0.4, -0.2) is 20.9 Å². The first-order valence-corrected chi connectivity index (χ1v) is 8.91. The van der Waals surface area contributed by atoms with Crippen LogP contribution in [0.15, 0.2) is 67.4 Å². The van der Waals surface area contributed by atoms with Crippen molar-refractivity contribution in [3.63, 3.8) is 0 Å². The predicted molar refractivity (Wildman–Crippen MR) is 104 cm³/mol. The minimum atomic E-state index is -0.328. The molecule has 5 rings (SSSR count). The fourth-order valence-electron chi connectivity index (χ4n) is 3.73. The fourth-order valence-corrected chi connectivity index (χ4v) is 3.73.